The van der Waals surface area contributed by atoms with Gasteiger partial charge in [0.1, 0.15) is 6.61 Å². The Bertz CT molecular complexity index is 633. The van der Waals surface area contributed by atoms with Crippen LogP contribution in [0.2, 0.25) is 0 Å². The standard InChI is InChI=1S/C15H16F3N3O/c16-15(17,18)13-5-1-2-6-14(13)21-9-12(8-20-21)22-10-11-4-3-7-19-11/h1-2,5-6,8-9,11,19H,3-4,7,10H2. The molecule has 1 fully saturated rings. The Kier molecular flexibility index (Phi) is 4.06. The highest BCUT2D eigenvalue weighted by Crippen LogP contribution is 2.33. The zero-order valence-corrected chi connectivity index (χ0v) is 11.8. The second-order valence-corrected chi connectivity index (χ2v) is 5.24. The lowest BCUT2D eigenvalue weighted by atomic mass is 10.2. The fraction of sp³-hybridized carbons (Fsp3) is 0.400. The summed E-state index contributed by atoms with van der Waals surface area (Å²) in [6.07, 6.45) is 0.649. The molecule has 1 aromatic carbocycles. The van der Waals surface area contributed by atoms with Crippen molar-refractivity contribution in [1.82, 2.24) is 15.1 Å². The van der Waals surface area contributed by atoms with Crippen LogP contribution in [0.25, 0.3) is 5.69 Å². The van der Waals surface area contributed by atoms with E-state index >= 15 is 0 Å². The minimum Gasteiger partial charge on any atom is -0.489 e. The molecule has 3 rings (SSSR count). The summed E-state index contributed by atoms with van der Waals surface area (Å²) in [5.74, 6) is 0.464. The maximum Gasteiger partial charge on any atom is 0.418 e. The monoisotopic (exact) mass is 311 g/mol. The summed E-state index contributed by atoms with van der Waals surface area (Å²) in [7, 11) is 0. The first-order valence-corrected chi connectivity index (χ1v) is 7.11. The van der Waals surface area contributed by atoms with Crippen molar-refractivity contribution in [2.45, 2.75) is 25.1 Å². The molecule has 4 nitrogen and oxygen atoms in total. The SMILES string of the molecule is FC(F)(F)c1ccccc1-n1cc(OCC2CCCN2)cn1. The third-order valence-electron chi connectivity index (χ3n) is 3.63. The lowest BCUT2D eigenvalue weighted by molar-refractivity contribution is -0.137. The van der Waals surface area contributed by atoms with Crippen molar-refractivity contribution in [3.05, 3.63) is 42.2 Å². The predicted molar refractivity (Wildman–Crippen MR) is 75.1 cm³/mol. The van der Waals surface area contributed by atoms with Gasteiger partial charge in [0, 0.05) is 6.04 Å². The maximum atomic E-state index is 13.0. The van der Waals surface area contributed by atoms with Crippen molar-refractivity contribution in [3.63, 3.8) is 0 Å². The Morgan fingerprint density at radius 1 is 1.32 bits per heavy atom. The number of aromatic nitrogens is 2. The van der Waals surface area contributed by atoms with E-state index in [1.807, 2.05) is 0 Å². The number of nitrogens with zero attached hydrogens (tertiary/aromatic N) is 2. The van der Waals surface area contributed by atoms with Crippen molar-refractivity contribution in [2.24, 2.45) is 0 Å². The molecule has 0 amide bonds. The summed E-state index contributed by atoms with van der Waals surface area (Å²) in [4.78, 5) is 0. The predicted octanol–water partition coefficient (Wildman–Crippen LogP) is 3.02. The van der Waals surface area contributed by atoms with Crippen LogP contribution >= 0.6 is 0 Å². The van der Waals surface area contributed by atoms with Crippen molar-refractivity contribution < 1.29 is 17.9 Å². The van der Waals surface area contributed by atoms with E-state index in [9.17, 15) is 13.2 Å². The molecule has 0 radical (unpaired) electrons. The van der Waals surface area contributed by atoms with Crippen LogP contribution in [0.1, 0.15) is 18.4 Å². The molecule has 1 aliphatic heterocycles. The van der Waals surface area contributed by atoms with Gasteiger partial charge >= 0.3 is 6.18 Å². The number of ether oxygens (including phenoxy) is 1. The molecule has 0 aliphatic carbocycles. The fourth-order valence-electron chi connectivity index (χ4n) is 2.52. The third-order valence-corrected chi connectivity index (χ3v) is 3.63. The van der Waals surface area contributed by atoms with Crippen LogP contribution in [0.15, 0.2) is 36.7 Å². The first kappa shape index (κ1) is 14.9. The van der Waals surface area contributed by atoms with Gasteiger partial charge < -0.3 is 10.1 Å². The van der Waals surface area contributed by atoms with Crippen LogP contribution < -0.4 is 10.1 Å². The molecular weight excluding hydrogens is 295 g/mol. The number of nitrogens with one attached hydrogen (secondary N) is 1. The van der Waals surface area contributed by atoms with Gasteiger partial charge in [0.25, 0.3) is 0 Å². The maximum absolute atomic E-state index is 13.0. The molecule has 2 heterocycles. The van der Waals surface area contributed by atoms with Crippen LogP contribution in [0.3, 0.4) is 0 Å². The van der Waals surface area contributed by atoms with E-state index in [1.165, 1.54) is 29.2 Å². The summed E-state index contributed by atoms with van der Waals surface area (Å²) < 4.78 is 45.8. The highest BCUT2D eigenvalue weighted by atomic mass is 19.4. The zero-order valence-electron chi connectivity index (χ0n) is 11.8. The van der Waals surface area contributed by atoms with E-state index in [0.717, 1.165) is 25.5 Å². The molecule has 22 heavy (non-hydrogen) atoms. The average molecular weight is 311 g/mol. The average Bonchev–Trinajstić information content (AvgIpc) is 3.16. The van der Waals surface area contributed by atoms with E-state index in [4.69, 9.17) is 4.74 Å². The molecule has 1 unspecified atom stereocenters. The number of para-hydroxylation sites is 1. The second kappa shape index (κ2) is 6.00. The van der Waals surface area contributed by atoms with Crippen LogP contribution in [0.5, 0.6) is 5.75 Å². The van der Waals surface area contributed by atoms with Crippen molar-refractivity contribution in [3.8, 4) is 11.4 Å². The second-order valence-electron chi connectivity index (χ2n) is 5.24. The van der Waals surface area contributed by atoms with Gasteiger partial charge in [0.15, 0.2) is 5.75 Å². The number of halogens is 3. The summed E-state index contributed by atoms with van der Waals surface area (Å²) in [6, 6.07) is 5.64. The molecule has 0 saturated carbocycles. The van der Waals surface area contributed by atoms with Crippen LogP contribution in [0, 0.1) is 0 Å². The normalized spacial score (nSPS) is 18.6. The number of rotatable bonds is 4. The van der Waals surface area contributed by atoms with Gasteiger partial charge in [-0.05, 0) is 31.5 Å². The van der Waals surface area contributed by atoms with Gasteiger partial charge in [-0.3, -0.25) is 0 Å². The Hall–Kier alpha value is -2.02. The molecule has 0 spiro atoms. The van der Waals surface area contributed by atoms with Crippen LogP contribution in [-0.4, -0.2) is 29.0 Å². The Labute approximate surface area is 125 Å². The van der Waals surface area contributed by atoms with Crippen molar-refractivity contribution in [1.29, 1.82) is 0 Å². The van der Waals surface area contributed by atoms with Gasteiger partial charge in [0.05, 0.1) is 23.6 Å². The zero-order chi connectivity index (χ0) is 15.6. The quantitative estimate of drug-likeness (QED) is 0.943. The largest absolute Gasteiger partial charge is 0.489 e. The first-order chi connectivity index (χ1) is 10.5. The summed E-state index contributed by atoms with van der Waals surface area (Å²) >= 11 is 0. The molecule has 2 aromatic rings. The molecule has 1 saturated heterocycles. The Balaban J connectivity index is 1.76. The first-order valence-electron chi connectivity index (χ1n) is 7.11. The van der Waals surface area contributed by atoms with E-state index in [1.54, 1.807) is 6.07 Å². The van der Waals surface area contributed by atoms with Gasteiger partial charge in [-0.15, -0.1) is 0 Å². The molecule has 0 bridgehead atoms. The lowest BCUT2D eigenvalue weighted by Crippen LogP contribution is -2.28. The topological polar surface area (TPSA) is 39.1 Å². The van der Waals surface area contributed by atoms with E-state index in [-0.39, 0.29) is 5.69 Å². The molecule has 1 aromatic heterocycles. The van der Waals surface area contributed by atoms with Gasteiger partial charge in [-0.1, -0.05) is 12.1 Å². The van der Waals surface area contributed by atoms with Gasteiger partial charge in [-0.25, -0.2) is 4.68 Å². The smallest absolute Gasteiger partial charge is 0.418 e. The molecular formula is C15H16F3N3O. The Morgan fingerprint density at radius 2 is 2.14 bits per heavy atom. The number of hydrogen-bond donors (Lipinski definition) is 1. The number of benzene rings is 1. The van der Waals surface area contributed by atoms with E-state index in [2.05, 4.69) is 10.4 Å². The Morgan fingerprint density at radius 3 is 2.86 bits per heavy atom. The molecule has 118 valence electrons. The summed E-state index contributed by atoms with van der Waals surface area (Å²) in [5.41, 5.74) is -0.731. The molecule has 1 N–H and O–H groups in total. The van der Waals surface area contributed by atoms with E-state index in [0.29, 0.717) is 18.4 Å². The molecule has 1 aliphatic rings. The van der Waals surface area contributed by atoms with Crippen LogP contribution in [0.4, 0.5) is 13.2 Å². The van der Waals surface area contributed by atoms with Crippen molar-refractivity contribution >= 4 is 0 Å². The van der Waals surface area contributed by atoms with Crippen molar-refractivity contribution in [2.75, 3.05) is 13.2 Å². The summed E-state index contributed by atoms with van der Waals surface area (Å²) in [6.45, 7) is 1.47. The van der Waals surface area contributed by atoms with E-state index < -0.39 is 11.7 Å². The van der Waals surface area contributed by atoms with Gasteiger partial charge in [-0.2, -0.15) is 18.3 Å². The highest BCUT2D eigenvalue weighted by molar-refractivity contribution is 5.42. The number of hydrogen-bond acceptors (Lipinski definition) is 3. The minimum absolute atomic E-state index is 0.0103. The highest BCUT2D eigenvalue weighted by Gasteiger charge is 2.33. The third kappa shape index (κ3) is 3.24. The lowest BCUT2D eigenvalue weighted by Gasteiger charge is -2.12. The minimum atomic E-state index is -4.42. The molecule has 7 heteroatoms. The van der Waals surface area contributed by atoms with Gasteiger partial charge in [0.2, 0.25) is 0 Å². The fourth-order valence-corrected chi connectivity index (χ4v) is 2.52. The van der Waals surface area contributed by atoms with Crippen LogP contribution in [-0.2, 0) is 6.18 Å². The molecule has 1 atom stereocenters. The number of alkyl halides is 3. The summed E-state index contributed by atoms with van der Waals surface area (Å²) in [5, 5.41) is 7.27.